The smallest absolute Gasteiger partial charge is 0.297 e. The lowest BCUT2D eigenvalue weighted by Crippen LogP contribution is -2.55. The van der Waals surface area contributed by atoms with Gasteiger partial charge in [0, 0.05) is 92.6 Å². The van der Waals surface area contributed by atoms with Crippen LogP contribution in [0.5, 0.6) is 11.6 Å². The highest BCUT2D eigenvalue weighted by Crippen LogP contribution is 2.54. The highest BCUT2D eigenvalue weighted by atomic mass is 32.2. The van der Waals surface area contributed by atoms with Gasteiger partial charge in [-0.2, -0.15) is 4.98 Å². The van der Waals surface area contributed by atoms with E-state index in [2.05, 4.69) is 60.9 Å². The molecule has 1 saturated carbocycles. The summed E-state index contributed by atoms with van der Waals surface area (Å²) in [5.74, 6) is -0.545. The van der Waals surface area contributed by atoms with E-state index >= 15 is 0 Å². The van der Waals surface area contributed by atoms with E-state index in [1.807, 2.05) is 35.4 Å². The second-order valence-electron chi connectivity index (χ2n) is 21.8. The van der Waals surface area contributed by atoms with Crippen molar-refractivity contribution < 1.29 is 37.1 Å². The minimum Gasteiger partial charge on any atom is -0.489 e. The van der Waals surface area contributed by atoms with Gasteiger partial charge in [-0.1, -0.05) is 31.2 Å². The monoisotopic (exact) mass is 1010 g/mol. The number of carbonyl (C=O) groups is 1. The average Bonchev–Trinajstić information content (AvgIpc) is 4.23. The number of hydrogen-bond donors (Lipinski definition) is 3. The topological polar surface area (TPSA) is 197 Å². The Morgan fingerprint density at radius 2 is 1.84 bits per heavy atom. The fraction of sp³-hybridized carbons (Fsp3) is 0.519. The zero-order chi connectivity index (χ0) is 49.6. The van der Waals surface area contributed by atoms with Crippen LogP contribution in [0, 0.1) is 21.4 Å². The first-order valence-corrected chi connectivity index (χ1v) is 27.8. The number of benzene rings is 3. The first-order valence-electron chi connectivity index (χ1n) is 26.4. The second kappa shape index (κ2) is 18.4. The van der Waals surface area contributed by atoms with Crippen molar-refractivity contribution in [3.63, 3.8) is 0 Å². The van der Waals surface area contributed by atoms with Gasteiger partial charge in [-0.25, -0.2) is 13.1 Å². The number of hydrogen-bond acceptors (Lipinski definition) is 15. The van der Waals surface area contributed by atoms with Gasteiger partial charge in [-0.15, -0.1) is 0 Å². The Hall–Kier alpha value is -5.99. The number of anilines is 4. The molecule has 1 aliphatic carbocycles. The maximum atomic E-state index is 14.8. The molecule has 1 amide bonds. The Balaban J connectivity index is 0.787. The number of likely N-dealkylation sites (tertiary alicyclic amines) is 2. The SMILES string of the molecule is CCc1ccccc1[C@@H]1CCCN1C1CC2(CCN(c3ccc(C(=O)NS(=O)(=O)c4cc5c(c([N+](=O)[O-])c4)N[C@@H](CN4C[C@H]6C[C@@H]4CO6)CO5)c(N4C[C@H]5COCC[C@H]5Oc5nc6[nH]ccc6cc54)c3)CC2)C1. The van der Waals surface area contributed by atoms with Crippen LogP contribution in [-0.4, -0.2) is 135 Å². The third kappa shape index (κ3) is 8.54. The average molecular weight is 1010 g/mol. The molecule has 6 atom stereocenters. The van der Waals surface area contributed by atoms with Gasteiger partial charge in [-0.05, 0) is 105 Å². The molecule has 19 heteroatoms. The predicted molar refractivity (Wildman–Crippen MR) is 275 cm³/mol. The number of morpholine rings is 1. The highest BCUT2D eigenvalue weighted by Gasteiger charge is 2.50. The lowest BCUT2D eigenvalue weighted by Gasteiger charge is -2.56. The summed E-state index contributed by atoms with van der Waals surface area (Å²) in [6.45, 7) is 8.71. The van der Waals surface area contributed by atoms with Gasteiger partial charge in [0.15, 0.2) is 11.4 Å². The molecular formula is C54H63N9O9S. The minimum atomic E-state index is -4.69. The van der Waals surface area contributed by atoms with Crippen molar-refractivity contribution in [1.29, 1.82) is 0 Å². The standard InChI is InChI=1S/C54H63N9O9S/c1-2-33-6-3-4-7-42(33)44-8-5-16-61(44)39-25-54(26-39)13-17-59(18-14-54)37-9-10-43(45(22-37)62-27-35-30-69-19-12-48(35)72-53-47(62)20-34-11-15-55-51(34)57-53)52(64)58-73(67,68)41-23-46(63(65)66)50-49(24-41)71-31-36(56-50)28-60-29-40-21-38(60)32-70-40/h3-4,6-7,9-11,15,20,22-24,35-36,38-40,44,48,56H,2,5,8,12-14,16-19,21,25-32H2,1H3,(H,55,57)(H,58,64)/t35-,36-,38+,40+,44-,48+/m0/s1. The number of rotatable bonds is 11. The summed E-state index contributed by atoms with van der Waals surface area (Å²) in [5.41, 5.74) is 5.73. The summed E-state index contributed by atoms with van der Waals surface area (Å²) >= 11 is 0. The number of carbonyl (C=O) groups excluding carboxylic acids is 1. The Kier molecular flexibility index (Phi) is 11.8. The number of aryl methyl sites for hydroxylation is 1. The summed E-state index contributed by atoms with van der Waals surface area (Å²) in [6.07, 6.45) is 11.5. The molecule has 5 saturated heterocycles. The summed E-state index contributed by atoms with van der Waals surface area (Å²) in [4.78, 5) is 44.0. The molecular weight excluding hydrogens is 951 g/mol. The summed E-state index contributed by atoms with van der Waals surface area (Å²) in [6, 6.07) is 21.9. The fourth-order valence-corrected chi connectivity index (χ4v) is 14.6. The number of pyridine rings is 1. The number of ether oxygens (including phenoxy) is 4. The quantitative estimate of drug-likeness (QED) is 0.0879. The van der Waals surface area contributed by atoms with E-state index in [4.69, 9.17) is 23.9 Å². The van der Waals surface area contributed by atoms with Crippen molar-refractivity contribution >= 4 is 55.4 Å². The molecule has 73 heavy (non-hydrogen) atoms. The summed E-state index contributed by atoms with van der Waals surface area (Å²) < 4.78 is 55.6. The van der Waals surface area contributed by atoms with Crippen LogP contribution in [0.1, 0.15) is 85.8 Å². The molecule has 7 aliphatic heterocycles. The fourth-order valence-electron chi connectivity index (χ4n) is 13.6. The zero-order valence-electron chi connectivity index (χ0n) is 41.2. The highest BCUT2D eigenvalue weighted by molar-refractivity contribution is 7.90. The lowest BCUT2D eigenvalue weighted by atomic mass is 9.59. The largest absolute Gasteiger partial charge is 0.489 e. The summed E-state index contributed by atoms with van der Waals surface area (Å²) in [7, 11) is -4.69. The van der Waals surface area contributed by atoms with Crippen molar-refractivity contribution in [2.45, 2.75) is 106 Å². The molecule has 3 N–H and O–H groups in total. The molecule has 13 rings (SSSR count). The van der Waals surface area contributed by atoms with E-state index in [0.717, 1.165) is 69.0 Å². The number of sulfonamides is 1. The maximum Gasteiger partial charge on any atom is 0.297 e. The van der Waals surface area contributed by atoms with Gasteiger partial charge in [-0.3, -0.25) is 24.7 Å². The number of amides is 1. The van der Waals surface area contributed by atoms with E-state index in [-0.39, 0.29) is 53.2 Å². The number of fused-ring (bicyclic) bond motifs is 6. The van der Waals surface area contributed by atoms with Crippen molar-refractivity contribution in [3.8, 4) is 11.6 Å². The third-order valence-corrected chi connectivity index (χ3v) is 18.8. The molecule has 1 spiro atoms. The Morgan fingerprint density at radius 1 is 0.973 bits per heavy atom. The molecule has 2 bridgehead atoms. The molecule has 5 aromatic rings. The van der Waals surface area contributed by atoms with E-state index in [1.165, 1.54) is 42.9 Å². The van der Waals surface area contributed by atoms with E-state index in [9.17, 15) is 23.3 Å². The van der Waals surface area contributed by atoms with Gasteiger partial charge in [0.2, 0.25) is 5.88 Å². The minimum absolute atomic E-state index is 0.0299. The van der Waals surface area contributed by atoms with Gasteiger partial charge in [0.25, 0.3) is 21.6 Å². The normalized spacial score (nSPS) is 26.8. The Labute approximate surface area is 424 Å². The van der Waals surface area contributed by atoms with Gasteiger partial charge < -0.3 is 39.0 Å². The Morgan fingerprint density at radius 3 is 2.64 bits per heavy atom. The predicted octanol–water partition coefficient (Wildman–Crippen LogP) is 7.32. The molecule has 384 valence electrons. The molecule has 0 unspecified atom stereocenters. The van der Waals surface area contributed by atoms with Crippen LogP contribution in [0.25, 0.3) is 11.0 Å². The van der Waals surface area contributed by atoms with Crippen molar-refractivity contribution in [3.05, 3.63) is 99.7 Å². The third-order valence-electron chi connectivity index (χ3n) is 17.5. The van der Waals surface area contributed by atoms with Crippen molar-refractivity contribution in [1.82, 2.24) is 24.5 Å². The number of H-pyrrole nitrogens is 1. The molecule has 0 radical (unpaired) electrons. The number of nitro groups is 1. The van der Waals surface area contributed by atoms with Gasteiger partial charge in [0.05, 0.1) is 53.0 Å². The number of piperidine rings is 1. The second-order valence-corrected chi connectivity index (χ2v) is 23.5. The van der Waals surface area contributed by atoms with Gasteiger partial charge in [0.1, 0.15) is 24.0 Å². The molecule has 8 aliphatic rings. The van der Waals surface area contributed by atoms with Gasteiger partial charge >= 0.3 is 0 Å². The van der Waals surface area contributed by atoms with Crippen LogP contribution in [0.4, 0.5) is 28.4 Å². The van der Waals surface area contributed by atoms with E-state index in [0.29, 0.717) is 80.4 Å². The first kappa shape index (κ1) is 46.8. The molecule has 3 aromatic carbocycles. The van der Waals surface area contributed by atoms with Crippen LogP contribution in [0.15, 0.2) is 77.8 Å². The maximum absolute atomic E-state index is 14.8. The van der Waals surface area contributed by atoms with Crippen LogP contribution in [-0.2, 0) is 25.9 Å². The molecule has 6 fully saturated rings. The summed E-state index contributed by atoms with van der Waals surface area (Å²) in [5, 5.41) is 16.7. The Bertz CT molecular complexity index is 3080. The lowest BCUT2D eigenvalue weighted by molar-refractivity contribution is -0.384. The van der Waals surface area contributed by atoms with E-state index < -0.39 is 31.4 Å². The number of aromatic nitrogens is 2. The number of aromatic amines is 1. The first-order chi connectivity index (χ1) is 35.5. The molecule has 2 aromatic heterocycles. The van der Waals surface area contributed by atoms with Crippen molar-refractivity contribution in [2.75, 3.05) is 80.8 Å². The zero-order valence-corrected chi connectivity index (χ0v) is 42.0. The molecule has 9 heterocycles. The van der Waals surface area contributed by atoms with Crippen LogP contribution < -0.4 is 29.3 Å². The number of nitrogens with one attached hydrogen (secondary N) is 3. The number of nitro benzene ring substituents is 1. The van der Waals surface area contributed by atoms with Crippen molar-refractivity contribution in [2.24, 2.45) is 11.3 Å². The van der Waals surface area contributed by atoms with Crippen LogP contribution in [0.3, 0.4) is 0 Å². The number of nitrogens with zero attached hydrogens (tertiary/aromatic N) is 6. The molecule has 18 nitrogen and oxygen atoms in total. The van der Waals surface area contributed by atoms with E-state index in [1.54, 1.807) is 6.07 Å². The van der Waals surface area contributed by atoms with Crippen LogP contribution in [0.2, 0.25) is 0 Å². The van der Waals surface area contributed by atoms with Crippen LogP contribution >= 0.6 is 0 Å².